The van der Waals surface area contributed by atoms with Gasteiger partial charge in [-0.15, -0.1) is 0 Å². The first-order valence-corrected chi connectivity index (χ1v) is 9.99. The molecule has 0 aliphatic rings. The van der Waals surface area contributed by atoms with Crippen LogP contribution in [0.25, 0.3) is 0 Å². The summed E-state index contributed by atoms with van der Waals surface area (Å²) in [6.45, 7) is 3.78. The zero-order chi connectivity index (χ0) is 19.8. The van der Waals surface area contributed by atoms with Gasteiger partial charge in [0.1, 0.15) is 0 Å². The van der Waals surface area contributed by atoms with E-state index in [0.29, 0.717) is 12.8 Å². The van der Waals surface area contributed by atoms with Crippen molar-refractivity contribution in [3.63, 3.8) is 0 Å². The molecular weight excluding hydrogens is 376 g/mol. The largest absolute Gasteiger partial charge is 0.326 e. The first-order chi connectivity index (χ1) is 12.8. The predicted molar refractivity (Wildman–Crippen MR) is 119 cm³/mol. The molecule has 2 aromatic carbocycles. The van der Waals surface area contributed by atoms with Crippen molar-refractivity contribution in [2.24, 2.45) is 0 Å². The number of amides is 2. The summed E-state index contributed by atoms with van der Waals surface area (Å²) in [5.74, 6) is -0.0645. The van der Waals surface area contributed by atoms with Crippen molar-refractivity contribution in [2.75, 3.05) is 10.6 Å². The van der Waals surface area contributed by atoms with E-state index in [2.05, 4.69) is 35.9 Å². The molecule has 0 fully saturated rings. The monoisotopic (exact) mass is 402 g/mol. The molecule has 2 aromatic rings. The van der Waals surface area contributed by atoms with Crippen molar-refractivity contribution in [1.29, 1.82) is 0 Å². The molecule has 0 heterocycles. The molecule has 2 unspecified atom stereocenters. The van der Waals surface area contributed by atoms with Gasteiger partial charge in [-0.25, -0.2) is 0 Å². The Morgan fingerprint density at radius 3 is 1.37 bits per heavy atom. The van der Waals surface area contributed by atoms with Gasteiger partial charge in [0.2, 0.25) is 11.8 Å². The topological polar surface area (TPSA) is 58.2 Å². The molecular formula is C21H26N2O2S2. The number of hydrogen-bond donors (Lipinski definition) is 4. The normalized spacial score (nSPS) is 12.9. The van der Waals surface area contributed by atoms with Crippen LogP contribution in [0, 0.1) is 0 Å². The lowest BCUT2D eigenvalue weighted by Crippen LogP contribution is -2.15. The molecule has 0 aliphatic carbocycles. The zero-order valence-electron chi connectivity index (χ0n) is 15.6. The van der Waals surface area contributed by atoms with Crippen molar-refractivity contribution in [3.8, 4) is 0 Å². The SMILES string of the molecule is CC(S)CC(=O)Nc1ccc(Cc2ccc(NC(=O)CC(C)S)cc2)cc1. The van der Waals surface area contributed by atoms with Gasteiger partial charge in [0.05, 0.1) is 0 Å². The van der Waals surface area contributed by atoms with Crippen LogP contribution in [0.4, 0.5) is 11.4 Å². The highest BCUT2D eigenvalue weighted by molar-refractivity contribution is 7.81. The third-order valence-electron chi connectivity index (χ3n) is 3.85. The molecule has 4 nitrogen and oxygen atoms in total. The van der Waals surface area contributed by atoms with Gasteiger partial charge in [-0.2, -0.15) is 25.3 Å². The molecule has 2 amide bonds. The molecule has 6 heteroatoms. The van der Waals surface area contributed by atoms with Crippen molar-refractivity contribution in [3.05, 3.63) is 59.7 Å². The fraction of sp³-hybridized carbons (Fsp3) is 0.333. The fourth-order valence-electron chi connectivity index (χ4n) is 2.61. The summed E-state index contributed by atoms with van der Waals surface area (Å²) in [5, 5.41) is 5.82. The van der Waals surface area contributed by atoms with Crippen LogP contribution in [0.2, 0.25) is 0 Å². The molecule has 2 N–H and O–H groups in total. The van der Waals surface area contributed by atoms with Crippen LogP contribution < -0.4 is 10.6 Å². The van der Waals surface area contributed by atoms with Crippen LogP contribution in [-0.4, -0.2) is 22.3 Å². The zero-order valence-corrected chi connectivity index (χ0v) is 17.4. The van der Waals surface area contributed by atoms with Gasteiger partial charge in [0.25, 0.3) is 0 Å². The molecule has 0 saturated heterocycles. The van der Waals surface area contributed by atoms with Crippen LogP contribution >= 0.6 is 25.3 Å². The summed E-state index contributed by atoms with van der Waals surface area (Å²) in [7, 11) is 0. The maximum atomic E-state index is 11.8. The minimum atomic E-state index is -0.0322. The van der Waals surface area contributed by atoms with E-state index in [1.54, 1.807) is 0 Å². The number of anilines is 2. The van der Waals surface area contributed by atoms with E-state index in [4.69, 9.17) is 0 Å². The molecule has 0 spiro atoms. The molecule has 144 valence electrons. The Morgan fingerprint density at radius 2 is 1.07 bits per heavy atom. The van der Waals surface area contributed by atoms with Gasteiger partial charge in [-0.05, 0) is 41.8 Å². The van der Waals surface area contributed by atoms with Crippen LogP contribution in [0.15, 0.2) is 48.5 Å². The maximum absolute atomic E-state index is 11.8. The van der Waals surface area contributed by atoms with Crippen molar-refractivity contribution < 1.29 is 9.59 Å². The Kier molecular flexibility index (Phi) is 8.25. The summed E-state index contributed by atoms with van der Waals surface area (Å²) in [6, 6.07) is 15.6. The molecule has 2 rings (SSSR count). The highest BCUT2D eigenvalue weighted by Crippen LogP contribution is 2.17. The molecule has 2 atom stereocenters. The van der Waals surface area contributed by atoms with Crippen LogP contribution in [0.5, 0.6) is 0 Å². The minimum absolute atomic E-state index is 0.0322. The van der Waals surface area contributed by atoms with E-state index < -0.39 is 0 Å². The van der Waals surface area contributed by atoms with E-state index in [-0.39, 0.29) is 22.3 Å². The quantitative estimate of drug-likeness (QED) is 0.489. The van der Waals surface area contributed by atoms with Crippen LogP contribution in [-0.2, 0) is 16.0 Å². The molecule has 0 aromatic heterocycles. The highest BCUT2D eigenvalue weighted by Gasteiger charge is 2.07. The van der Waals surface area contributed by atoms with Gasteiger partial charge >= 0.3 is 0 Å². The summed E-state index contributed by atoms with van der Waals surface area (Å²) in [6.07, 6.45) is 1.56. The molecule has 0 aliphatic heterocycles. The molecule has 0 bridgehead atoms. The second kappa shape index (κ2) is 10.4. The first kappa shape index (κ1) is 21.4. The van der Waals surface area contributed by atoms with Gasteiger partial charge in [0.15, 0.2) is 0 Å². The fourth-order valence-corrected chi connectivity index (χ4v) is 2.94. The second-order valence-electron chi connectivity index (χ2n) is 6.77. The standard InChI is InChI=1S/C21H26N2O2S2/c1-14(26)11-20(24)22-18-7-3-16(4-8-18)13-17-5-9-19(10-6-17)23-21(25)12-15(2)27/h3-10,14-15,26-27H,11-13H2,1-2H3,(H,22,24)(H,23,25). The van der Waals surface area contributed by atoms with E-state index in [1.165, 1.54) is 0 Å². The second-order valence-corrected chi connectivity index (χ2v) is 8.54. The Hall–Kier alpha value is -1.92. The van der Waals surface area contributed by atoms with Gasteiger partial charge < -0.3 is 10.6 Å². The first-order valence-electron chi connectivity index (χ1n) is 8.95. The number of carbonyl (C=O) groups is 2. The number of rotatable bonds is 8. The van der Waals surface area contributed by atoms with E-state index in [1.807, 2.05) is 62.4 Å². The van der Waals surface area contributed by atoms with E-state index in [9.17, 15) is 9.59 Å². The van der Waals surface area contributed by atoms with Gasteiger partial charge in [0, 0.05) is 34.7 Å². The molecule has 0 saturated carbocycles. The Labute approximate surface area is 172 Å². The number of carbonyl (C=O) groups excluding carboxylic acids is 2. The number of thiol groups is 2. The summed E-state index contributed by atoms with van der Waals surface area (Å²) in [5.41, 5.74) is 3.87. The maximum Gasteiger partial charge on any atom is 0.225 e. The Bertz CT molecular complexity index is 691. The average Bonchev–Trinajstić information content (AvgIpc) is 2.57. The number of hydrogen-bond acceptors (Lipinski definition) is 4. The average molecular weight is 403 g/mol. The van der Waals surface area contributed by atoms with Crippen molar-refractivity contribution in [2.45, 2.75) is 43.6 Å². The molecule has 0 radical (unpaired) electrons. The predicted octanol–water partition coefficient (Wildman–Crippen LogP) is 4.57. The van der Waals surface area contributed by atoms with Gasteiger partial charge in [-0.3, -0.25) is 9.59 Å². The van der Waals surface area contributed by atoms with Crippen molar-refractivity contribution in [1.82, 2.24) is 0 Å². The van der Waals surface area contributed by atoms with Crippen LogP contribution in [0.3, 0.4) is 0 Å². The third kappa shape index (κ3) is 8.10. The lowest BCUT2D eigenvalue weighted by molar-refractivity contribution is -0.116. The van der Waals surface area contributed by atoms with Gasteiger partial charge in [-0.1, -0.05) is 38.1 Å². The Balaban J connectivity index is 1.89. The smallest absolute Gasteiger partial charge is 0.225 e. The number of nitrogens with one attached hydrogen (secondary N) is 2. The van der Waals surface area contributed by atoms with Crippen molar-refractivity contribution >= 4 is 48.4 Å². The lowest BCUT2D eigenvalue weighted by Gasteiger charge is -2.09. The lowest BCUT2D eigenvalue weighted by atomic mass is 10.0. The van der Waals surface area contributed by atoms with E-state index >= 15 is 0 Å². The highest BCUT2D eigenvalue weighted by atomic mass is 32.1. The third-order valence-corrected chi connectivity index (χ3v) is 4.21. The Morgan fingerprint density at radius 1 is 0.741 bits per heavy atom. The van der Waals surface area contributed by atoms with E-state index in [0.717, 1.165) is 28.9 Å². The summed E-state index contributed by atoms with van der Waals surface area (Å²) < 4.78 is 0. The minimum Gasteiger partial charge on any atom is -0.326 e. The summed E-state index contributed by atoms with van der Waals surface area (Å²) >= 11 is 8.46. The summed E-state index contributed by atoms with van der Waals surface area (Å²) in [4.78, 5) is 23.5. The number of benzene rings is 2. The molecule has 27 heavy (non-hydrogen) atoms. The van der Waals surface area contributed by atoms with Crippen LogP contribution in [0.1, 0.15) is 37.8 Å².